The molecular formula is C12H13F2N3O3. The molecule has 1 amide bonds. The van der Waals surface area contributed by atoms with Gasteiger partial charge in [0.1, 0.15) is 5.82 Å². The molecule has 0 radical (unpaired) electrons. The third-order valence-corrected chi connectivity index (χ3v) is 3.33. The Bertz CT molecular complexity index is 565. The number of nitro benzene ring substituents is 1. The molecule has 6 nitrogen and oxygen atoms in total. The molecule has 0 spiro atoms. The second kappa shape index (κ2) is 5.49. The fraction of sp³-hybridized carbons (Fsp3) is 0.417. The van der Waals surface area contributed by atoms with Crippen LogP contribution in [0.4, 0.5) is 20.2 Å². The van der Waals surface area contributed by atoms with Gasteiger partial charge in [0.25, 0.3) is 5.69 Å². The number of amides is 1. The maximum Gasteiger partial charge on any atom is 0.298 e. The van der Waals surface area contributed by atoms with E-state index in [1.807, 2.05) is 6.92 Å². The number of hydrogen-bond donors (Lipinski definition) is 2. The molecule has 1 saturated heterocycles. The van der Waals surface area contributed by atoms with E-state index < -0.39 is 39.8 Å². The van der Waals surface area contributed by atoms with Crippen LogP contribution in [0.3, 0.4) is 0 Å². The summed E-state index contributed by atoms with van der Waals surface area (Å²) >= 11 is 0. The molecule has 2 rings (SSSR count). The van der Waals surface area contributed by atoms with Crippen molar-refractivity contribution in [3.63, 3.8) is 0 Å². The van der Waals surface area contributed by atoms with E-state index in [9.17, 15) is 23.7 Å². The number of rotatable bonds is 3. The van der Waals surface area contributed by atoms with Crippen LogP contribution >= 0.6 is 0 Å². The number of hydrogen-bond acceptors (Lipinski definition) is 4. The quantitative estimate of drug-likeness (QED) is 0.653. The van der Waals surface area contributed by atoms with Gasteiger partial charge >= 0.3 is 0 Å². The largest absolute Gasteiger partial charge is 0.318 e. The maximum atomic E-state index is 13.6. The van der Waals surface area contributed by atoms with Gasteiger partial charge < -0.3 is 10.6 Å². The van der Waals surface area contributed by atoms with Crippen LogP contribution in [0, 0.1) is 33.6 Å². The van der Waals surface area contributed by atoms with Crippen molar-refractivity contribution in [1.82, 2.24) is 5.32 Å². The Morgan fingerprint density at radius 2 is 2.15 bits per heavy atom. The van der Waals surface area contributed by atoms with Gasteiger partial charge in [-0.05, 0) is 12.5 Å². The summed E-state index contributed by atoms with van der Waals surface area (Å²) in [7, 11) is 0. The molecule has 1 aromatic carbocycles. The number of carbonyl (C=O) groups excluding carboxylic acids is 1. The van der Waals surface area contributed by atoms with Gasteiger partial charge in [-0.1, -0.05) is 6.92 Å². The van der Waals surface area contributed by atoms with Crippen LogP contribution in [0.1, 0.15) is 6.92 Å². The molecule has 2 N–H and O–H groups in total. The van der Waals surface area contributed by atoms with Gasteiger partial charge in [0.2, 0.25) is 5.91 Å². The van der Waals surface area contributed by atoms with Crippen molar-refractivity contribution < 1.29 is 18.5 Å². The van der Waals surface area contributed by atoms with Crippen molar-refractivity contribution in [2.45, 2.75) is 6.92 Å². The predicted octanol–water partition coefficient (Wildman–Crippen LogP) is 1.67. The van der Waals surface area contributed by atoms with Crippen molar-refractivity contribution in [2.75, 3.05) is 18.4 Å². The Labute approximate surface area is 113 Å². The summed E-state index contributed by atoms with van der Waals surface area (Å²) in [4.78, 5) is 21.9. The summed E-state index contributed by atoms with van der Waals surface area (Å²) < 4.78 is 26.6. The van der Waals surface area contributed by atoms with E-state index in [4.69, 9.17) is 0 Å². The maximum absolute atomic E-state index is 13.6. The number of carbonyl (C=O) groups is 1. The first kappa shape index (κ1) is 14.3. The summed E-state index contributed by atoms with van der Waals surface area (Å²) in [6.07, 6.45) is 0. The summed E-state index contributed by atoms with van der Waals surface area (Å²) in [5, 5.41) is 16.0. The first-order valence-electron chi connectivity index (χ1n) is 6.05. The van der Waals surface area contributed by atoms with E-state index in [0.29, 0.717) is 25.2 Å². The van der Waals surface area contributed by atoms with Crippen molar-refractivity contribution in [3.8, 4) is 0 Å². The average molecular weight is 285 g/mol. The molecule has 1 aliphatic rings. The fourth-order valence-electron chi connectivity index (χ4n) is 2.20. The molecule has 108 valence electrons. The zero-order valence-corrected chi connectivity index (χ0v) is 10.7. The van der Waals surface area contributed by atoms with Gasteiger partial charge in [-0.25, -0.2) is 8.78 Å². The Balaban J connectivity index is 2.29. The lowest BCUT2D eigenvalue weighted by atomic mass is 9.97. The minimum Gasteiger partial charge on any atom is -0.318 e. The monoisotopic (exact) mass is 285 g/mol. The number of anilines is 1. The lowest BCUT2D eigenvalue weighted by Crippen LogP contribution is -2.28. The van der Waals surface area contributed by atoms with E-state index in [1.165, 1.54) is 0 Å². The van der Waals surface area contributed by atoms with E-state index in [0.717, 1.165) is 0 Å². The summed E-state index contributed by atoms with van der Waals surface area (Å²) in [5.74, 6) is -3.11. The van der Waals surface area contributed by atoms with Crippen LogP contribution in [-0.4, -0.2) is 23.9 Å². The molecule has 1 aliphatic heterocycles. The molecule has 20 heavy (non-hydrogen) atoms. The highest BCUT2D eigenvalue weighted by Crippen LogP contribution is 2.30. The van der Waals surface area contributed by atoms with Crippen molar-refractivity contribution in [1.29, 1.82) is 0 Å². The second-order valence-corrected chi connectivity index (χ2v) is 4.77. The molecule has 2 atom stereocenters. The van der Waals surface area contributed by atoms with Gasteiger partial charge in [-0.15, -0.1) is 0 Å². The highest BCUT2D eigenvalue weighted by molar-refractivity contribution is 5.95. The Kier molecular flexibility index (Phi) is 3.93. The molecule has 1 aromatic rings. The Morgan fingerprint density at radius 1 is 1.45 bits per heavy atom. The standard InChI is InChI=1S/C12H13F2N3O3/c1-6-4-15-5-8(6)12(18)16-11-9(14)2-7(13)3-10(11)17(19)20/h2-3,6,8,15H,4-5H2,1H3,(H,16,18)/t6-,8-/m1/s1. The van der Waals surface area contributed by atoms with E-state index in [1.54, 1.807) is 0 Å². The molecule has 1 heterocycles. The normalized spacial score (nSPS) is 21.8. The number of nitrogens with zero attached hydrogens (tertiary/aromatic N) is 1. The van der Waals surface area contributed by atoms with Gasteiger partial charge in [0.15, 0.2) is 11.5 Å². The fourth-order valence-corrected chi connectivity index (χ4v) is 2.20. The molecule has 0 unspecified atom stereocenters. The highest BCUT2D eigenvalue weighted by Gasteiger charge is 2.32. The summed E-state index contributed by atoms with van der Waals surface area (Å²) in [6.45, 7) is 2.91. The van der Waals surface area contributed by atoms with Gasteiger partial charge in [-0.2, -0.15) is 0 Å². The summed E-state index contributed by atoms with van der Waals surface area (Å²) in [5.41, 5.74) is -1.39. The molecule has 0 saturated carbocycles. The second-order valence-electron chi connectivity index (χ2n) is 4.77. The Hall–Kier alpha value is -2.09. The average Bonchev–Trinajstić information content (AvgIpc) is 2.78. The zero-order chi connectivity index (χ0) is 14.9. The van der Waals surface area contributed by atoms with Gasteiger partial charge in [0.05, 0.1) is 16.9 Å². The third kappa shape index (κ3) is 2.74. The van der Waals surface area contributed by atoms with Gasteiger partial charge in [-0.3, -0.25) is 14.9 Å². The van der Waals surface area contributed by atoms with Crippen LogP contribution in [-0.2, 0) is 4.79 Å². The lowest BCUT2D eigenvalue weighted by molar-refractivity contribution is -0.384. The zero-order valence-electron chi connectivity index (χ0n) is 10.7. The predicted molar refractivity (Wildman–Crippen MR) is 67.2 cm³/mol. The SMILES string of the molecule is C[C@@H]1CNC[C@H]1C(=O)Nc1c(F)cc(F)cc1[N+](=O)[O-]. The van der Waals surface area contributed by atoms with E-state index in [-0.39, 0.29) is 5.92 Å². The van der Waals surface area contributed by atoms with Crippen molar-refractivity contribution >= 4 is 17.3 Å². The van der Waals surface area contributed by atoms with Crippen LogP contribution < -0.4 is 10.6 Å². The number of benzene rings is 1. The molecule has 0 bridgehead atoms. The van der Waals surface area contributed by atoms with Crippen LogP contribution in [0.2, 0.25) is 0 Å². The first-order chi connectivity index (χ1) is 9.40. The molecule has 8 heteroatoms. The van der Waals surface area contributed by atoms with Crippen LogP contribution in [0.5, 0.6) is 0 Å². The molecule has 0 aliphatic carbocycles. The van der Waals surface area contributed by atoms with Crippen LogP contribution in [0.15, 0.2) is 12.1 Å². The number of nitrogens with one attached hydrogen (secondary N) is 2. The minimum atomic E-state index is -1.16. The number of halogens is 2. The smallest absolute Gasteiger partial charge is 0.298 e. The minimum absolute atomic E-state index is 0.0394. The molecule has 1 fully saturated rings. The summed E-state index contributed by atoms with van der Waals surface area (Å²) in [6, 6.07) is 1.08. The van der Waals surface area contributed by atoms with E-state index >= 15 is 0 Å². The van der Waals surface area contributed by atoms with Gasteiger partial charge in [0, 0.05) is 12.6 Å². The van der Waals surface area contributed by atoms with Crippen LogP contribution in [0.25, 0.3) is 0 Å². The van der Waals surface area contributed by atoms with Crippen molar-refractivity contribution in [3.05, 3.63) is 33.9 Å². The highest BCUT2D eigenvalue weighted by atomic mass is 19.1. The van der Waals surface area contributed by atoms with Crippen molar-refractivity contribution in [2.24, 2.45) is 11.8 Å². The Morgan fingerprint density at radius 3 is 2.70 bits per heavy atom. The first-order valence-corrected chi connectivity index (χ1v) is 6.05. The third-order valence-electron chi connectivity index (χ3n) is 3.33. The number of nitro groups is 1. The van der Waals surface area contributed by atoms with E-state index in [2.05, 4.69) is 10.6 Å². The topological polar surface area (TPSA) is 84.3 Å². The molecule has 0 aromatic heterocycles. The lowest BCUT2D eigenvalue weighted by Gasteiger charge is -2.14. The molecular weight excluding hydrogens is 272 g/mol.